The van der Waals surface area contributed by atoms with E-state index in [9.17, 15) is 4.79 Å². The molecule has 0 aliphatic rings. The summed E-state index contributed by atoms with van der Waals surface area (Å²) in [6, 6.07) is 17.8. The number of nitrogens with zero attached hydrogens (tertiary/aromatic N) is 2. The zero-order chi connectivity index (χ0) is 18.5. The van der Waals surface area contributed by atoms with Crippen LogP contribution in [0.3, 0.4) is 0 Å². The number of aryl methyl sites for hydroxylation is 1. The van der Waals surface area contributed by atoms with Crippen LogP contribution in [0, 0.1) is 18.3 Å². The van der Waals surface area contributed by atoms with E-state index in [1.165, 1.54) is 0 Å². The van der Waals surface area contributed by atoms with E-state index in [-0.39, 0.29) is 11.6 Å². The first kappa shape index (κ1) is 17.5. The first-order valence-corrected chi connectivity index (χ1v) is 8.24. The number of carbonyl (C=O) groups excluding carboxylic acids is 1. The molecule has 2 N–H and O–H groups in total. The summed E-state index contributed by atoms with van der Waals surface area (Å²) in [7, 11) is 0. The summed E-state index contributed by atoms with van der Waals surface area (Å²) < 4.78 is 0. The normalized spacial score (nSPS) is 10.0. The van der Waals surface area contributed by atoms with Gasteiger partial charge in [-0.2, -0.15) is 5.26 Å². The molecule has 0 unspecified atom stereocenters. The minimum atomic E-state index is -0.385. The van der Waals surface area contributed by atoms with Crippen LogP contribution in [-0.4, -0.2) is 10.9 Å². The van der Waals surface area contributed by atoms with Crippen molar-refractivity contribution in [3.63, 3.8) is 0 Å². The molecule has 0 radical (unpaired) electrons. The van der Waals surface area contributed by atoms with E-state index in [0.717, 1.165) is 16.9 Å². The number of para-hydroxylation sites is 1. The van der Waals surface area contributed by atoms with Crippen LogP contribution >= 0.6 is 11.6 Å². The third-order valence-electron chi connectivity index (χ3n) is 3.76. The van der Waals surface area contributed by atoms with Crippen molar-refractivity contribution in [2.24, 2.45) is 0 Å². The number of hydrogen-bond donors (Lipinski definition) is 2. The highest BCUT2D eigenvalue weighted by molar-refractivity contribution is 6.30. The molecule has 128 valence electrons. The Bertz CT molecular complexity index is 1010. The number of benzene rings is 2. The summed E-state index contributed by atoms with van der Waals surface area (Å²) in [4.78, 5) is 16.6. The van der Waals surface area contributed by atoms with Gasteiger partial charge in [-0.1, -0.05) is 23.7 Å². The van der Waals surface area contributed by atoms with Gasteiger partial charge in [-0.3, -0.25) is 9.78 Å². The van der Waals surface area contributed by atoms with Crippen LogP contribution < -0.4 is 10.6 Å². The maximum absolute atomic E-state index is 12.5. The SMILES string of the molecule is Cc1cc(Cl)ccc1Nc1ccnc(C(=O)Nc2ccccc2C#N)c1. The zero-order valence-electron chi connectivity index (χ0n) is 14.0. The lowest BCUT2D eigenvalue weighted by molar-refractivity contribution is 0.102. The Morgan fingerprint density at radius 1 is 1.12 bits per heavy atom. The Morgan fingerprint density at radius 2 is 1.92 bits per heavy atom. The summed E-state index contributed by atoms with van der Waals surface area (Å²) in [5.41, 5.74) is 3.70. The van der Waals surface area contributed by atoms with Gasteiger partial charge in [0.2, 0.25) is 0 Å². The summed E-state index contributed by atoms with van der Waals surface area (Å²) in [5.74, 6) is -0.385. The van der Waals surface area contributed by atoms with Gasteiger partial charge in [-0.25, -0.2) is 0 Å². The molecule has 1 amide bonds. The molecule has 0 saturated heterocycles. The van der Waals surface area contributed by atoms with Crippen LogP contribution in [0.1, 0.15) is 21.6 Å². The smallest absolute Gasteiger partial charge is 0.274 e. The van der Waals surface area contributed by atoms with Crippen molar-refractivity contribution in [2.75, 3.05) is 10.6 Å². The fourth-order valence-corrected chi connectivity index (χ4v) is 2.66. The average molecular weight is 363 g/mol. The molecule has 0 bridgehead atoms. The van der Waals surface area contributed by atoms with Crippen LogP contribution in [0.25, 0.3) is 0 Å². The monoisotopic (exact) mass is 362 g/mol. The van der Waals surface area contributed by atoms with Crippen molar-refractivity contribution < 1.29 is 4.79 Å². The van der Waals surface area contributed by atoms with E-state index in [1.54, 1.807) is 48.7 Å². The summed E-state index contributed by atoms with van der Waals surface area (Å²) in [5, 5.41) is 15.8. The zero-order valence-corrected chi connectivity index (χ0v) is 14.7. The highest BCUT2D eigenvalue weighted by atomic mass is 35.5. The molecule has 0 aliphatic carbocycles. The maximum Gasteiger partial charge on any atom is 0.274 e. The number of aromatic nitrogens is 1. The van der Waals surface area contributed by atoms with Crippen molar-refractivity contribution in [3.8, 4) is 6.07 Å². The number of amides is 1. The summed E-state index contributed by atoms with van der Waals surface area (Å²) in [6.45, 7) is 1.95. The Morgan fingerprint density at radius 3 is 2.69 bits per heavy atom. The molecule has 2 aromatic carbocycles. The number of nitrogens with one attached hydrogen (secondary N) is 2. The molecule has 0 saturated carbocycles. The third-order valence-corrected chi connectivity index (χ3v) is 3.99. The molecule has 0 spiro atoms. The quantitative estimate of drug-likeness (QED) is 0.691. The number of pyridine rings is 1. The van der Waals surface area contributed by atoms with E-state index in [2.05, 4.69) is 15.6 Å². The number of anilines is 3. The first-order chi connectivity index (χ1) is 12.6. The first-order valence-electron chi connectivity index (χ1n) is 7.86. The van der Waals surface area contributed by atoms with Crippen molar-refractivity contribution in [2.45, 2.75) is 6.92 Å². The summed E-state index contributed by atoms with van der Waals surface area (Å²) in [6.07, 6.45) is 1.55. The van der Waals surface area contributed by atoms with Crippen molar-refractivity contribution in [1.29, 1.82) is 5.26 Å². The fourth-order valence-electron chi connectivity index (χ4n) is 2.43. The van der Waals surface area contributed by atoms with Crippen LogP contribution in [0.5, 0.6) is 0 Å². The van der Waals surface area contributed by atoms with E-state index >= 15 is 0 Å². The largest absolute Gasteiger partial charge is 0.355 e. The average Bonchev–Trinajstić information content (AvgIpc) is 2.65. The lowest BCUT2D eigenvalue weighted by Crippen LogP contribution is -2.14. The maximum atomic E-state index is 12.5. The minimum Gasteiger partial charge on any atom is -0.355 e. The lowest BCUT2D eigenvalue weighted by Gasteiger charge is -2.11. The predicted molar refractivity (Wildman–Crippen MR) is 103 cm³/mol. The third kappa shape index (κ3) is 4.00. The van der Waals surface area contributed by atoms with Gasteiger partial charge in [0, 0.05) is 22.6 Å². The Balaban J connectivity index is 1.80. The number of hydrogen-bond acceptors (Lipinski definition) is 4. The molecule has 26 heavy (non-hydrogen) atoms. The van der Waals surface area contributed by atoms with Gasteiger partial charge in [0.25, 0.3) is 5.91 Å². The minimum absolute atomic E-state index is 0.245. The Labute approximate surface area is 156 Å². The number of halogens is 1. The molecule has 5 nitrogen and oxygen atoms in total. The fraction of sp³-hybridized carbons (Fsp3) is 0.0500. The van der Waals surface area contributed by atoms with Gasteiger partial charge < -0.3 is 10.6 Å². The highest BCUT2D eigenvalue weighted by Crippen LogP contribution is 2.24. The second-order valence-electron chi connectivity index (χ2n) is 5.63. The van der Waals surface area contributed by atoms with Crippen LogP contribution in [0.2, 0.25) is 5.02 Å². The molecule has 0 fully saturated rings. The Hall–Kier alpha value is -3.36. The van der Waals surface area contributed by atoms with Gasteiger partial charge >= 0.3 is 0 Å². The summed E-state index contributed by atoms with van der Waals surface area (Å²) >= 11 is 5.97. The topological polar surface area (TPSA) is 77.8 Å². The van der Waals surface area contributed by atoms with Gasteiger partial charge in [0.1, 0.15) is 11.8 Å². The van der Waals surface area contributed by atoms with Crippen molar-refractivity contribution in [3.05, 3.63) is 82.6 Å². The van der Waals surface area contributed by atoms with Crippen molar-refractivity contribution in [1.82, 2.24) is 4.98 Å². The molecule has 1 heterocycles. The van der Waals surface area contributed by atoms with Gasteiger partial charge in [-0.05, 0) is 55.0 Å². The molecule has 3 rings (SSSR count). The predicted octanol–water partition coefficient (Wildman–Crippen LogP) is 4.91. The second-order valence-corrected chi connectivity index (χ2v) is 6.06. The second kappa shape index (κ2) is 7.68. The lowest BCUT2D eigenvalue weighted by atomic mass is 10.2. The standard InChI is InChI=1S/C20H15ClN4O/c1-13-10-15(21)6-7-17(13)24-16-8-9-23-19(11-16)20(26)25-18-5-3-2-4-14(18)12-22/h2-11H,1H3,(H,23,24)(H,25,26). The highest BCUT2D eigenvalue weighted by Gasteiger charge is 2.11. The molecule has 0 aliphatic heterocycles. The van der Waals surface area contributed by atoms with Gasteiger partial charge in [0.15, 0.2) is 0 Å². The molecule has 0 atom stereocenters. The molecule has 3 aromatic rings. The van der Waals surface area contributed by atoms with Crippen LogP contribution in [-0.2, 0) is 0 Å². The van der Waals surface area contributed by atoms with Gasteiger partial charge in [0.05, 0.1) is 11.3 Å². The number of rotatable bonds is 4. The molecule has 6 heteroatoms. The number of carbonyl (C=O) groups is 1. The van der Waals surface area contributed by atoms with E-state index in [1.807, 2.05) is 25.1 Å². The van der Waals surface area contributed by atoms with E-state index in [0.29, 0.717) is 16.3 Å². The number of nitriles is 1. The van der Waals surface area contributed by atoms with Crippen molar-refractivity contribution >= 4 is 34.6 Å². The van der Waals surface area contributed by atoms with Crippen LogP contribution in [0.4, 0.5) is 17.1 Å². The van der Waals surface area contributed by atoms with E-state index in [4.69, 9.17) is 16.9 Å². The van der Waals surface area contributed by atoms with E-state index < -0.39 is 0 Å². The van der Waals surface area contributed by atoms with Gasteiger partial charge in [-0.15, -0.1) is 0 Å². The Kier molecular flexibility index (Phi) is 5.16. The molecule has 1 aromatic heterocycles. The molecular formula is C20H15ClN4O. The van der Waals surface area contributed by atoms with Crippen LogP contribution in [0.15, 0.2) is 60.8 Å². The molecular weight excluding hydrogens is 348 g/mol.